The quantitative estimate of drug-likeness (QED) is 0.888. The summed E-state index contributed by atoms with van der Waals surface area (Å²) in [7, 11) is 0. The second kappa shape index (κ2) is 6.40. The molecule has 2 heterocycles. The van der Waals surface area contributed by atoms with Gasteiger partial charge in [-0.15, -0.1) is 0 Å². The summed E-state index contributed by atoms with van der Waals surface area (Å²) in [6.07, 6.45) is -0.0550. The highest BCUT2D eigenvalue weighted by molar-refractivity contribution is 6.00. The minimum absolute atomic E-state index is 0.0352. The van der Waals surface area contributed by atoms with Crippen molar-refractivity contribution in [2.45, 2.75) is 19.1 Å². The van der Waals surface area contributed by atoms with Crippen molar-refractivity contribution in [2.24, 2.45) is 0 Å². The fraction of sp³-hybridized carbons (Fsp3) is 0.312. The van der Waals surface area contributed by atoms with Crippen LogP contribution < -0.4 is 0 Å². The summed E-state index contributed by atoms with van der Waals surface area (Å²) in [5, 5.41) is 15.8. The molecule has 2 N–H and O–H groups in total. The summed E-state index contributed by atoms with van der Waals surface area (Å²) in [4.78, 5) is 25.4. The normalized spacial score (nSPS) is 20.8. The predicted octanol–water partition coefficient (Wildman–Crippen LogP) is 1.53. The highest BCUT2D eigenvalue weighted by Gasteiger charge is 2.34. The number of hydrogen-bond donors (Lipinski definition) is 2. The van der Waals surface area contributed by atoms with Crippen LogP contribution in [0.25, 0.3) is 11.3 Å². The number of benzene rings is 1. The van der Waals surface area contributed by atoms with Crippen molar-refractivity contribution >= 4 is 11.9 Å². The van der Waals surface area contributed by atoms with E-state index in [2.05, 4.69) is 10.2 Å². The number of rotatable bonds is 3. The molecule has 0 spiro atoms. The lowest BCUT2D eigenvalue weighted by Crippen LogP contribution is -2.51. The van der Waals surface area contributed by atoms with Crippen molar-refractivity contribution in [3.05, 3.63) is 41.8 Å². The van der Waals surface area contributed by atoms with E-state index in [1.165, 1.54) is 23.2 Å². The fourth-order valence-electron chi connectivity index (χ4n) is 2.71. The zero-order valence-corrected chi connectivity index (χ0v) is 12.9. The number of carbonyl (C=O) groups excluding carboxylic acids is 1. The van der Waals surface area contributed by atoms with Crippen LogP contribution in [0.1, 0.15) is 17.3 Å². The average molecular weight is 333 g/mol. The Bertz CT molecular complexity index is 759. The Balaban J connectivity index is 1.87. The van der Waals surface area contributed by atoms with Crippen LogP contribution in [0.5, 0.6) is 0 Å². The highest BCUT2D eigenvalue weighted by atomic mass is 19.1. The van der Waals surface area contributed by atoms with E-state index in [0.717, 1.165) is 0 Å². The summed E-state index contributed by atoms with van der Waals surface area (Å²) in [6, 6.07) is 5.67. The number of aromatic amines is 1. The van der Waals surface area contributed by atoms with Crippen molar-refractivity contribution in [1.29, 1.82) is 0 Å². The molecule has 1 fully saturated rings. The molecule has 1 saturated heterocycles. The average Bonchev–Trinajstić information content (AvgIpc) is 3.03. The van der Waals surface area contributed by atoms with E-state index in [4.69, 9.17) is 9.84 Å². The zero-order valence-electron chi connectivity index (χ0n) is 12.9. The van der Waals surface area contributed by atoms with Crippen molar-refractivity contribution in [3.8, 4) is 11.3 Å². The lowest BCUT2D eigenvalue weighted by atomic mass is 10.1. The van der Waals surface area contributed by atoms with Crippen molar-refractivity contribution in [3.63, 3.8) is 0 Å². The number of aliphatic carboxylic acids is 1. The van der Waals surface area contributed by atoms with E-state index in [1.807, 2.05) is 0 Å². The Morgan fingerprint density at radius 1 is 1.33 bits per heavy atom. The van der Waals surface area contributed by atoms with Crippen LogP contribution in [0.4, 0.5) is 4.39 Å². The molecule has 1 amide bonds. The van der Waals surface area contributed by atoms with Gasteiger partial charge in [0, 0.05) is 12.1 Å². The second-order valence-electron chi connectivity index (χ2n) is 5.65. The third-order valence-electron chi connectivity index (χ3n) is 3.83. The number of nitrogens with one attached hydrogen (secondary N) is 1. The van der Waals surface area contributed by atoms with E-state index < -0.39 is 12.1 Å². The molecule has 1 aliphatic rings. The van der Waals surface area contributed by atoms with Crippen LogP contribution in [0.2, 0.25) is 0 Å². The number of amides is 1. The minimum atomic E-state index is -1.11. The van der Waals surface area contributed by atoms with Gasteiger partial charge in [-0.25, -0.2) is 9.18 Å². The Labute approximate surface area is 137 Å². The lowest BCUT2D eigenvalue weighted by molar-refractivity contribution is -0.160. The van der Waals surface area contributed by atoms with Gasteiger partial charge in [-0.3, -0.25) is 9.89 Å². The largest absolute Gasteiger partial charge is 0.479 e. The summed E-state index contributed by atoms with van der Waals surface area (Å²) in [5.74, 6) is -1.83. The van der Waals surface area contributed by atoms with Gasteiger partial charge in [-0.05, 0) is 31.2 Å². The molecule has 3 rings (SSSR count). The summed E-state index contributed by atoms with van der Waals surface area (Å²) < 4.78 is 18.4. The van der Waals surface area contributed by atoms with E-state index >= 15 is 0 Å². The third kappa shape index (κ3) is 3.13. The molecule has 8 heteroatoms. The molecule has 2 aromatic rings. The monoisotopic (exact) mass is 333 g/mol. The molecule has 1 aromatic carbocycles. The number of hydrogen-bond acceptors (Lipinski definition) is 4. The van der Waals surface area contributed by atoms with Crippen molar-refractivity contribution in [2.75, 3.05) is 13.1 Å². The first-order valence-electron chi connectivity index (χ1n) is 7.42. The Hall–Kier alpha value is -2.74. The number of aromatic nitrogens is 2. The number of halogens is 1. The molecule has 1 unspecified atom stereocenters. The maximum Gasteiger partial charge on any atom is 0.334 e. The molecule has 24 heavy (non-hydrogen) atoms. The van der Waals surface area contributed by atoms with E-state index in [1.54, 1.807) is 19.1 Å². The van der Waals surface area contributed by atoms with Crippen molar-refractivity contribution in [1.82, 2.24) is 15.1 Å². The molecule has 7 nitrogen and oxygen atoms in total. The van der Waals surface area contributed by atoms with Gasteiger partial charge in [0.1, 0.15) is 5.82 Å². The topological polar surface area (TPSA) is 95.5 Å². The first-order chi connectivity index (χ1) is 11.5. The number of H-pyrrole nitrogens is 1. The third-order valence-corrected chi connectivity index (χ3v) is 3.83. The van der Waals surface area contributed by atoms with E-state index in [0.29, 0.717) is 16.8 Å². The van der Waals surface area contributed by atoms with Crippen molar-refractivity contribution < 1.29 is 23.8 Å². The maximum absolute atomic E-state index is 13.1. The number of morpholine rings is 1. The molecule has 0 aliphatic carbocycles. The predicted molar refractivity (Wildman–Crippen MR) is 81.9 cm³/mol. The van der Waals surface area contributed by atoms with Crippen LogP contribution in [0.15, 0.2) is 30.5 Å². The molecule has 1 aromatic heterocycles. The number of ether oxygens (including phenoxy) is 1. The van der Waals surface area contributed by atoms with Crippen LogP contribution in [-0.2, 0) is 9.53 Å². The van der Waals surface area contributed by atoms with Gasteiger partial charge in [0.05, 0.1) is 30.1 Å². The fourth-order valence-corrected chi connectivity index (χ4v) is 2.71. The molecule has 126 valence electrons. The minimum Gasteiger partial charge on any atom is -0.479 e. The van der Waals surface area contributed by atoms with Gasteiger partial charge in [0.15, 0.2) is 6.10 Å². The number of carboxylic acid groups (broad SMARTS) is 1. The SMILES string of the molecule is C[C@@H]1CN(C(=O)c2cn[nH]c2-c2ccc(F)cc2)CC(C(=O)O)O1. The summed E-state index contributed by atoms with van der Waals surface area (Å²) in [5.41, 5.74) is 1.39. The van der Waals surface area contributed by atoms with Crippen LogP contribution in [0.3, 0.4) is 0 Å². The standard InChI is InChI=1S/C16H16FN3O4/c1-9-7-20(8-13(24-9)16(22)23)15(21)12-6-18-19-14(12)10-2-4-11(17)5-3-10/h2-6,9,13H,7-8H2,1H3,(H,18,19)(H,22,23)/t9-,13?/m1/s1. The zero-order chi connectivity index (χ0) is 17.3. The number of carbonyl (C=O) groups is 2. The Morgan fingerprint density at radius 3 is 2.71 bits per heavy atom. The molecular weight excluding hydrogens is 317 g/mol. The highest BCUT2D eigenvalue weighted by Crippen LogP contribution is 2.24. The summed E-state index contributed by atoms with van der Waals surface area (Å²) >= 11 is 0. The van der Waals surface area contributed by atoms with Gasteiger partial charge in [0.2, 0.25) is 0 Å². The first kappa shape index (κ1) is 16.1. The van der Waals surface area contributed by atoms with Gasteiger partial charge >= 0.3 is 5.97 Å². The van der Waals surface area contributed by atoms with E-state index in [9.17, 15) is 14.0 Å². The molecule has 0 saturated carbocycles. The molecule has 1 aliphatic heterocycles. The van der Waals surface area contributed by atoms with Gasteiger partial charge in [-0.1, -0.05) is 0 Å². The lowest BCUT2D eigenvalue weighted by Gasteiger charge is -2.34. The molecule has 2 atom stereocenters. The van der Waals surface area contributed by atoms with E-state index in [-0.39, 0.29) is 30.9 Å². The maximum atomic E-state index is 13.1. The van der Waals surface area contributed by atoms with Crippen LogP contribution in [-0.4, -0.2) is 57.4 Å². The molecular formula is C16H16FN3O4. The van der Waals surface area contributed by atoms with Gasteiger partial charge in [-0.2, -0.15) is 5.10 Å². The Kier molecular flexibility index (Phi) is 4.30. The Morgan fingerprint density at radius 2 is 2.04 bits per heavy atom. The van der Waals surface area contributed by atoms with Crippen LogP contribution >= 0.6 is 0 Å². The summed E-state index contributed by atoms with van der Waals surface area (Å²) in [6.45, 7) is 1.97. The smallest absolute Gasteiger partial charge is 0.334 e. The molecule has 0 radical (unpaired) electrons. The molecule has 0 bridgehead atoms. The number of carboxylic acids is 1. The second-order valence-corrected chi connectivity index (χ2v) is 5.65. The van der Waals surface area contributed by atoms with Crippen LogP contribution in [0, 0.1) is 5.82 Å². The number of nitrogens with zero attached hydrogens (tertiary/aromatic N) is 2. The first-order valence-corrected chi connectivity index (χ1v) is 7.42. The van der Waals surface area contributed by atoms with Gasteiger partial charge < -0.3 is 14.7 Å². The van der Waals surface area contributed by atoms with Gasteiger partial charge in [0.25, 0.3) is 5.91 Å².